The third kappa shape index (κ3) is 3.06. The monoisotopic (exact) mass is 192 g/mol. The summed E-state index contributed by atoms with van der Waals surface area (Å²) >= 11 is 0. The largest absolute Gasteiger partial charge is 0.508 e. The first-order valence-electron chi connectivity index (χ1n) is 5.42. The smallest absolute Gasteiger partial charge is 0.118 e. The highest BCUT2D eigenvalue weighted by atomic mass is 16.3. The number of phenolic OH excluding ortho intramolecular Hbond substituents is 1. The number of phenols is 1. The molecule has 0 aliphatic rings. The van der Waals surface area contributed by atoms with Crippen molar-refractivity contribution in [3.05, 3.63) is 29.3 Å². The Morgan fingerprint density at radius 2 is 2.07 bits per heavy atom. The third-order valence-corrected chi connectivity index (χ3v) is 2.88. The van der Waals surface area contributed by atoms with E-state index in [2.05, 4.69) is 19.9 Å². The van der Waals surface area contributed by atoms with E-state index in [1.165, 1.54) is 18.4 Å². The molecule has 1 atom stereocenters. The van der Waals surface area contributed by atoms with Crippen LogP contribution < -0.4 is 0 Å². The molecule has 1 rings (SSSR count). The maximum absolute atomic E-state index is 9.37. The molecule has 0 saturated carbocycles. The average Bonchev–Trinajstić information content (AvgIpc) is 2.19. The zero-order valence-electron chi connectivity index (χ0n) is 9.38. The van der Waals surface area contributed by atoms with Crippen LogP contribution >= 0.6 is 0 Å². The summed E-state index contributed by atoms with van der Waals surface area (Å²) in [6.07, 6.45) is 3.61. The highest BCUT2D eigenvalue weighted by Crippen LogP contribution is 2.19. The van der Waals surface area contributed by atoms with Gasteiger partial charge in [0.05, 0.1) is 0 Å². The van der Waals surface area contributed by atoms with E-state index in [4.69, 9.17) is 0 Å². The number of hydrogen-bond acceptors (Lipinski definition) is 1. The van der Waals surface area contributed by atoms with Gasteiger partial charge in [0.2, 0.25) is 0 Å². The van der Waals surface area contributed by atoms with Crippen LogP contribution in [-0.4, -0.2) is 5.11 Å². The zero-order chi connectivity index (χ0) is 10.6. The van der Waals surface area contributed by atoms with Crippen LogP contribution in [0.3, 0.4) is 0 Å². The van der Waals surface area contributed by atoms with E-state index in [-0.39, 0.29) is 0 Å². The van der Waals surface area contributed by atoms with Crippen LogP contribution in [0, 0.1) is 12.8 Å². The summed E-state index contributed by atoms with van der Waals surface area (Å²) in [5, 5.41) is 9.37. The maximum Gasteiger partial charge on any atom is 0.118 e. The van der Waals surface area contributed by atoms with Crippen molar-refractivity contribution in [2.45, 2.75) is 40.0 Å². The molecule has 1 heteroatoms. The standard InChI is InChI=1S/C13H20O/c1-4-10(2)5-6-12-7-8-13(14)11(3)9-12/h7-10,14H,4-6H2,1-3H3. The normalized spacial score (nSPS) is 12.8. The second kappa shape index (κ2) is 5.04. The molecule has 0 spiro atoms. The van der Waals surface area contributed by atoms with Gasteiger partial charge in [0.25, 0.3) is 0 Å². The van der Waals surface area contributed by atoms with Crippen molar-refractivity contribution < 1.29 is 5.11 Å². The Labute approximate surface area is 86.8 Å². The quantitative estimate of drug-likeness (QED) is 0.771. The average molecular weight is 192 g/mol. The van der Waals surface area contributed by atoms with Crippen LogP contribution in [0.4, 0.5) is 0 Å². The Bertz CT molecular complexity index is 291. The molecule has 0 fully saturated rings. The summed E-state index contributed by atoms with van der Waals surface area (Å²) in [6, 6.07) is 5.89. The van der Waals surface area contributed by atoms with Gasteiger partial charge in [0.1, 0.15) is 5.75 Å². The highest BCUT2D eigenvalue weighted by Gasteiger charge is 2.01. The first-order valence-corrected chi connectivity index (χ1v) is 5.42. The molecule has 0 aliphatic heterocycles. The van der Waals surface area contributed by atoms with Crippen molar-refractivity contribution in [1.29, 1.82) is 0 Å². The molecule has 0 saturated heterocycles. The number of hydrogen-bond donors (Lipinski definition) is 1. The molecule has 0 aliphatic carbocycles. The molecule has 0 aromatic heterocycles. The van der Waals surface area contributed by atoms with E-state index in [1.54, 1.807) is 6.07 Å². The molecule has 78 valence electrons. The molecule has 14 heavy (non-hydrogen) atoms. The van der Waals surface area contributed by atoms with Crippen molar-refractivity contribution in [2.24, 2.45) is 5.92 Å². The summed E-state index contributed by atoms with van der Waals surface area (Å²) in [6.45, 7) is 6.46. The molecule has 0 heterocycles. The zero-order valence-corrected chi connectivity index (χ0v) is 9.38. The van der Waals surface area contributed by atoms with E-state index in [1.807, 2.05) is 13.0 Å². The molecule has 1 unspecified atom stereocenters. The van der Waals surface area contributed by atoms with Crippen molar-refractivity contribution in [3.63, 3.8) is 0 Å². The van der Waals surface area contributed by atoms with Gasteiger partial charge in [0, 0.05) is 0 Å². The van der Waals surface area contributed by atoms with Gasteiger partial charge in [-0.05, 0) is 42.9 Å². The molecule has 1 nitrogen and oxygen atoms in total. The fourth-order valence-electron chi connectivity index (χ4n) is 1.49. The Morgan fingerprint density at radius 1 is 1.36 bits per heavy atom. The lowest BCUT2D eigenvalue weighted by Gasteiger charge is -2.08. The number of benzene rings is 1. The first-order chi connectivity index (χ1) is 6.63. The molecular weight excluding hydrogens is 172 g/mol. The van der Waals surface area contributed by atoms with E-state index >= 15 is 0 Å². The SMILES string of the molecule is CCC(C)CCc1ccc(O)c(C)c1. The number of aromatic hydroxyl groups is 1. The van der Waals surface area contributed by atoms with E-state index in [0.717, 1.165) is 17.9 Å². The minimum atomic E-state index is 0.400. The van der Waals surface area contributed by atoms with Gasteiger partial charge < -0.3 is 5.11 Å². The molecule has 0 radical (unpaired) electrons. The van der Waals surface area contributed by atoms with Gasteiger partial charge in [-0.25, -0.2) is 0 Å². The van der Waals surface area contributed by atoms with Gasteiger partial charge in [0.15, 0.2) is 0 Å². The van der Waals surface area contributed by atoms with Gasteiger partial charge in [-0.2, -0.15) is 0 Å². The fourth-order valence-corrected chi connectivity index (χ4v) is 1.49. The lowest BCUT2D eigenvalue weighted by atomic mass is 9.98. The summed E-state index contributed by atoms with van der Waals surface area (Å²) in [5.74, 6) is 1.20. The Balaban J connectivity index is 2.55. The van der Waals surface area contributed by atoms with Crippen molar-refractivity contribution in [2.75, 3.05) is 0 Å². The predicted molar refractivity (Wildman–Crippen MR) is 60.6 cm³/mol. The lowest BCUT2D eigenvalue weighted by Crippen LogP contribution is -1.95. The third-order valence-electron chi connectivity index (χ3n) is 2.88. The summed E-state index contributed by atoms with van der Waals surface area (Å²) in [7, 11) is 0. The number of rotatable bonds is 4. The fraction of sp³-hybridized carbons (Fsp3) is 0.538. The molecule has 0 amide bonds. The minimum Gasteiger partial charge on any atom is -0.508 e. The minimum absolute atomic E-state index is 0.400. The number of aryl methyl sites for hydroxylation is 2. The van der Waals surface area contributed by atoms with Gasteiger partial charge in [-0.1, -0.05) is 32.4 Å². The molecule has 1 N–H and O–H groups in total. The molecule has 1 aromatic carbocycles. The van der Waals surface area contributed by atoms with Crippen LogP contribution in [0.25, 0.3) is 0 Å². The first kappa shape index (κ1) is 11.1. The Hall–Kier alpha value is -0.980. The Kier molecular flexibility index (Phi) is 3.99. The van der Waals surface area contributed by atoms with Crippen molar-refractivity contribution >= 4 is 0 Å². The molecule has 0 bridgehead atoms. The van der Waals surface area contributed by atoms with Crippen LogP contribution in [0.2, 0.25) is 0 Å². The van der Waals surface area contributed by atoms with Crippen LogP contribution in [0.5, 0.6) is 5.75 Å². The summed E-state index contributed by atoms with van der Waals surface area (Å²) in [4.78, 5) is 0. The van der Waals surface area contributed by atoms with Gasteiger partial charge in [-0.3, -0.25) is 0 Å². The van der Waals surface area contributed by atoms with Crippen LogP contribution in [0.15, 0.2) is 18.2 Å². The van der Waals surface area contributed by atoms with Crippen LogP contribution in [-0.2, 0) is 6.42 Å². The van der Waals surface area contributed by atoms with Gasteiger partial charge >= 0.3 is 0 Å². The van der Waals surface area contributed by atoms with E-state index in [0.29, 0.717) is 5.75 Å². The molecule has 1 aromatic rings. The molecular formula is C13H20O. The van der Waals surface area contributed by atoms with E-state index in [9.17, 15) is 5.11 Å². The van der Waals surface area contributed by atoms with Crippen molar-refractivity contribution in [1.82, 2.24) is 0 Å². The van der Waals surface area contributed by atoms with Gasteiger partial charge in [-0.15, -0.1) is 0 Å². The van der Waals surface area contributed by atoms with E-state index < -0.39 is 0 Å². The second-order valence-corrected chi connectivity index (χ2v) is 4.17. The van der Waals surface area contributed by atoms with Crippen molar-refractivity contribution in [3.8, 4) is 5.75 Å². The summed E-state index contributed by atoms with van der Waals surface area (Å²) in [5.41, 5.74) is 2.31. The maximum atomic E-state index is 9.37. The van der Waals surface area contributed by atoms with Crippen LogP contribution in [0.1, 0.15) is 37.8 Å². The topological polar surface area (TPSA) is 20.2 Å². The summed E-state index contributed by atoms with van der Waals surface area (Å²) < 4.78 is 0. The predicted octanol–water partition coefficient (Wildman–Crippen LogP) is 3.68. The highest BCUT2D eigenvalue weighted by molar-refractivity contribution is 5.34. The Morgan fingerprint density at radius 3 is 2.64 bits per heavy atom. The lowest BCUT2D eigenvalue weighted by molar-refractivity contribution is 0.470. The second-order valence-electron chi connectivity index (χ2n) is 4.17.